The highest BCUT2D eigenvalue weighted by Gasteiger charge is 2.33. The summed E-state index contributed by atoms with van der Waals surface area (Å²) in [4.78, 5) is 14.3. The molecule has 3 rings (SSSR count). The maximum Gasteiger partial charge on any atom is 0.272 e. The molecule has 0 bridgehead atoms. The van der Waals surface area contributed by atoms with E-state index in [0.29, 0.717) is 0 Å². The van der Waals surface area contributed by atoms with Gasteiger partial charge in [-0.15, -0.1) is 0 Å². The molecule has 3 heteroatoms. The fraction of sp³-hybridized carbons (Fsp3) is 0.235. The van der Waals surface area contributed by atoms with E-state index in [-0.39, 0.29) is 5.91 Å². The van der Waals surface area contributed by atoms with Crippen LogP contribution in [0.4, 0.5) is 11.4 Å². The second-order valence-corrected chi connectivity index (χ2v) is 5.12. The molecule has 3 nitrogen and oxygen atoms in total. The predicted molar refractivity (Wildman–Crippen MR) is 79.6 cm³/mol. The first-order chi connectivity index (χ1) is 9.59. The van der Waals surface area contributed by atoms with Crippen LogP contribution in [0.3, 0.4) is 0 Å². The number of para-hydroxylation sites is 2. The molecule has 1 amide bonds. The largest absolute Gasteiger partial charge is 0.479 e. The van der Waals surface area contributed by atoms with Gasteiger partial charge in [-0.3, -0.25) is 9.69 Å². The third-order valence-corrected chi connectivity index (χ3v) is 3.79. The van der Waals surface area contributed by atoms with Gasteiger partial charge in [-0.25, -0.2) is 0 Å². The fourth-order valence-electron chi connectivity index (χ4n) is 2.51. The third-order valence-electron chi connectivity index (χ3n) is 3.79. The average Bonchev–Trinajstić information content (AvgIpc) is 2.44. The summed E-state index contributed by atoms with van der Waals surface area (Å²) < 4.78 is 5.67. The van der Waals surface area contributed by atoms with Crippen LogP contribution in [-0.4, -0.2) is 12.0 Å². The number of nitrogens with zero attached hydrogens (tertiary/aromatic N) is 1. The third kappa shape index (κ3) is 1.86. The molecule has 1 atom stereocenters. The number of aryl methyl sites for hydroxylation is 1. The Labute approximate surface area is 118 Å². The Morgan fingerprint density at radius 1 is 1.00 bits per heavy atom. The van der Waals surface area contributed by atoms with E-state index in [0.717, 1.165) is 22.7 Å². The van der Waals surface area contributed by atoms with Crippen LogP contribution in [0.1, 0.15) is 18.1 Å². The maximum absolute atomic E-state index is 12.6. The molecule has 2 aromatic rings. The lowest BCUT2D eigenvalue weighted by atomic mass is 10.0. The van der Waals surface area contributed by atoms with Gasteiger partial charge in [-0.2, -0.15) is 0 Å². The van der Waals surface area contributed by atoms with E-state index in [1.807, 2.05) is 43.3 Å². The van der Waals surface area contributed by atoms with Gasteiger partial charge in [0.1, 0.15) is 5.75 Å². The number of amides is 1. The van der Waals surface area contributed by atoms with Crippen LogP contribution in [0.2, 0.25) is 0 Å². The van der Waals surface area contributed by atoms with Crippen LogP contribution in [-0.2, 0) is 4.79 Å². The highest BCUT2D eigenvalue weighted by Crippen LogP contribution is 2.40. The molecular formula is C17H17NO2. The van der Waals surface area contributed by atoms with E-state index in [1.165, 1.54) is 5.56 Å². The number of anilines is 2. The minimum absolute atomic E-state index is 0.0302. The Hall–Kier alpha value is -2.29. The lowest BCUT2D eigenvalue weighted by molar-refractivity contribution is -0.124. The van der Waals surface area contributed by atoms with Gasteiger partial charge < -0.3 is 4.74 Å². The molecular weight excluding hydrogens is 250 g/mol. The zero-order valence-corrected chi connectivity index (χ0v) is 11.9. The van der Waals surface area contributed by atoms with Gasteiger partial charge >= 0.3 is 0 Å². The summed E-state index contributed by atoms with van der Waals surface area (Å²) in [6.07, 6.45) is -0.468. The maximum atomic E-state index is 12.6. The molecule has 0 radical (unpaired) electrons. The first kappa shape index (κ1) is 12.7. The summed E-state index contributed by atoms with van der Waals surface area (Å²) in [5.41, 5.74) is 4.03. The second kappa shape index (κ2) is 4.67. The highest BCUT2D eigenvalue weighted by molar-refractivity contribution is 6.06. The molecule has 0 saturated heterocycles. The summed E-state index contributed by atoms with van der Waals surface area (Å²) in [5, 5.41) is 0. The summed E-state index contributed by atoms with van der Waals surface area (Å²) >= 11 is 0. The van der Waals surface area contributed by atoms with Crippen molar-refractivity contribution in [1.29, 1.82) is 0 Å². The van der Waals surface area contributed by atoms with Gasteiger partial charge in [0.05, 0.1) is 11.4 Å². The number of hydrogen-bond donors (Lipinski definition) is 0. The van der Waals surface area contributed by atoms with Crippen molar-refractivity contribution in [2.24, 2.45) is 0 Å². The lowest BCUT2D eigenvalue weighted by Gasteiger charge is -2.34. The molecule has 2 aromatic carbocycles. The molecule has 0 aliphatic carbocycles. The van der Waals surface area contributed by atoms with E-state index < -0.39 is 6.10 Å². The quantitative estimate of drug-likeness (QED) is 0.787. The molecule has 20 heavy (non-hydrogen) atoms. The van der Waals surface area contributed by atoms with Crippen LogP contribution in [0.25, 0.3) is 0 Å². The Kier molecular flexibility index (Phi) is 2.97. The lowest BCUT2D eigenvalue weighted by Crippen LogP contribution is -2.41. The van der Waals surface area contributed by atoms with Crippen molar-refractivity contribution < 1.29 is 9.53 Å². The molecule has 1 aliphatic heterocycles. The van der Waals surface area contributed by atoms with Crippen molar-refractivity contribution in [2.75, 3.05) is 4.90 Å². The summed E-state index contributed by atoms with van der Waals surface area (Å²) in [6, 6.07) is 13.7. The highest BCUT2D eigenvalue weighted by atomic mass is 16.5. The van der Waals surface area contributed by atoms with Gasteiger partial charge in [0.15, 0.2) is 6.10 Å². The molecule has 0 spiro atoms. The molecule has 0 N–H and O–H groups in total. The summed E-state index contributed by atoms with van der Waals surface area (Å²) in [5.74, 6) is 0.720. The van der Waals surface area contributed by atoms with Gasteiger partial charge in [-0.1, -0.05) is 24.3 Å². The Balaban J connectivity index is 2.21. The van der Waals surface area contributed by atoms with Gasteiger partial charge in [0.2, 0.25) is 0 Å². The van der Waals surface area contributed by atoms with E-state index in [4.69, 9.17) is 4.74 Å². The average molecular weight is 267 g/mol. The van der Waals surface area contributed by atoms with Crippen molar-refractivity contribution in [2.45, 2.75) is 26.9 Å². The molecule has 1 aliphatic rings. The first-order valence-corrected chi connectivity index (χ1v) is 6.75. The summed E-state index contributed by atoms with van der Waals surface area (Å²) in [7, 11) is 0. The normalized spacial score (nSPS) is 17.6. The molecule has 0 aromatic heterocycles. The smallest absolute Gasteiger partial charge is 0.272 e. The minimum Gasteiger partial charge on any atom is -0.479 e. The monoisotopic (exact) mass is 267 g/mol. The molecule has 102 valence electrons. The zero-order valence-electron chi connectivity index (χ0n) is 11.9. The van der Waals surface area contributed by atoms with Crippen LogP contribution in [0.5, 0.6) is 5.75 Å². The SMILES string of the molecule is Cc1cccc(N2C(=O)C(C)Oc3ccccc32)c1C. The van der Waals surface area contributed by atoms with Crippen LogP contribution < -0.4 is 9.64 Å². The van der Waals surface area contributed by atoms with Crippen LogP contribution in [0, 0.1) is 13.8 Å². The Bertz CT molecular complexity index is 678. The van der Waals surface area contributed by atoms with E-state index in [2.05, 4.69) is 13.0 Å². The van der Waals surface area contributed by atoms with E-state index >= 15 is 0 Å². The van der Waals surface area contributed by atoms with Crippen molar-refractivity contribution in [3.8, 4) is 5.75 Å². The van der Waals surface area contributed by atoms with Gasteiger partial charge in [0.25, 0.3) is 5.91 Å². The fourth-order valence-corrected chi connectivity index (χ4v) is 2.51. The van der Waals surface area contributed by atoms with Gasteiger partial charge in [0, 0.05) is 0 Å². The number of carbonyl (C=O) groups excluding carboxylic acids is 1. The molecule has 1 heterocycles. The second-order valence-electron chi connectivity index (χ2n) is 5.12. The number of hydrogen-bond acceptors (Lipinski definition) is 2. The standard InChI is InChI=1S/C17H17NO2/c1-11-7-6-9-14(12(11)2)18-15-8-4-5-10-16(15)20-13(3)17(18)19/h4-10,13H,1-3H3. The molecule has 1 unspecified atom stereocenters. The number of benzene rings is 2. The van der Waals surface area contributed by atoms with Crippen molar-refractivity contribution in [3.05, 3.63) is 53.6 Å². The van der Waals surface area contributed by atoms with E-state index in [1.54, 1.807) is 11.8 Å². The summed E-state index contributed by atoms with van der Waals surface area (Å²) in [6.45, 7) is 5.89. The molecule has 0 fully saturated rings. The number of carbonyl (C=O) groups is 1. The topological polar surface area (TPSA) is 29.5 Å². The predicted octanol–water partition coefficient (Wildman–Crippen LogP) is 3.75. The van der Waals surface area contributed by atoms with Crippen molar-refractivity contribution >= 4 is 17.3 Å². The van der Waals surface area contributed by atoms with Crippen LogP contribution >= 0.6 is 0 Å². The van der Waals surface area contributed by atoms with Crippen molar-refractivity contribution in [1.82, 2.24) is 0 Å². The zero-order chi connectivity index (χ0) is 14.3. The Morgan fingerprint density at radius 2 is 1.70 bits per heavy atom. The van der Waals surface area contributed by atoms with E-state index in [9.17, 15) is 4.79 Å². The first-order valence-electron chi connectivity index (χ1n) is 6.75. The van der Waals surface area contributed by atoms with Crippen molar-refractivity contribution in [3.63, 3.8) is 0 Å². The van der Waals surface area contributed by atoms with Crippen LogP contribution in [0.15, 0.2) is 42.5 Å². The number of rotatable bonds is 1. The molecule has 0 saturated carbocycles. The number of fused-ring (bicyclic) bond motifs is 1. The van der Waals surface area contributed by atoms with Gasteiger partial charge in [-0.05, 0) is 50.1 Å². The minimum atomic E-state index is -0.468. The Morgan fingerprint density at radius 3 is 2.50 bits per heavy atom. The number of ether oxygens (including phenoxy) is 1.